The van der Waals surface area contributed by atoms with E-state index < -0.39 is 5.69 Å². The molecule has 104 valence electrons. The molecule has 0 amide bonds. The van der Waals surface area contributed by atoms with E-state index in [9.17, 15) is 0 Å². The number of hydrogen-bond donors (Lipinski definition) is 3. The van der Waals surface area contributed by atoms with Crippen LogP contribution in [0.25, 0.3) is 0 Å². The maximum Gasteiger partial charge on any atom is 0.239 e. The van der Waals surface area contributed by atoms with Crippen molar-refractivity contribution in [2.45, 2.75) is 26.7 Å². The van der Waals surface area contributed by atoms with Gasteiger partial charge >= 0.3 is 0 Å². The summed E-state index contributed by atoms with van der Waals surface area (Å²) >= 11 is 7.07. The molecule has 0 bridgehead atoms. The number of hydrogen-bond acceptors (Lipinski definition) is 1. The predicted molar refractivity (Wildman–Crippen MR) is 84.3 cm³/mol. The van der Waals surface area contributed by atoms with Gasteiger partial charge in [-0.25, -0.2) is 0 Å². The molecule has 18 heavy (non-hydrogen) atoms. The van der Waals surface area contributed by atoms with E-state index in [1.54, 1.807) is 0 Å². The van der Waals surface area contributed by atoms with Crippen LogP contribution >= 0.6 is 17.9 Å². The van der Waals surface area contributed by atoms with Crippen LogP contribution in [0.4, 0.5) is 0 Å². The average molecular weight is 359 g/mol. The Morgan fingerprint density at radius 2 is 1.33 bits per heavy atom. The molecule has 0 aromatic heterocycles. The summed E-state index contributed by atoms with van der Waals surface area (Å²) < 4.78 is 0. The Kier molecular flexibility index (Phi) is 34.6. The zero-order valence-corrected chi connectivity index (χ0v) is 16.7. The molecule has 0 atom stereocenters. The van der Waals surface area contributed by atoms with Gasteiger partial charge in [0.1, 0.15) is 0 Å². The van der Waals surface area contributed by atoms with Gasteiger partial charge in [-0.3, -0.25) is 0 Å². The molecule has 0 radical (unpaired) electrons. The average Bonchev–Trinajstić information content (AvgIpc) is 2.20. The normalized spacial score (nSPS) is 7.94. The Balaban J connectivity index is -0.0000000752. The van der Waals surface area contributed by atoms with Gasteiger partial charge in [-0.15, -0.1) is 0 Å². The third-order valence-corrected chi connectivity index (χ3v) is 0.607. The molecule has 2 nitrogen and oxygen atoms in total. The molecule has 0 aliphatic rings. The SMILES string of the molecule is OP(O)(=S)S.[CH2-]CC.[CH2-]CC.[Zn].[c-]1ccccc1. The fraction of sp³-hybridized carbons (Fsp3) is 0.333. The summed E-state index contributed by atoms with van der Waals surface area (Å²) in [6.45, 7) is 11.0. The zero-order chi connectivity index (χ0) is 14.2. The Labute approximate surface area is 135 Å². The van der Waals surface area contributed by atoms with Gasteiger partial charge in [0, 0.05) is 19.5 Å². The van der Waals surface area contributed by atoms with E-state index in [2.05, 4.69) is 44.0 Å². The third-order valence-electron chi connectivity index (χ3n) is 0.607. The molecule has 0 heterocycles. The van der Waals surface area contributed by atoms with E-state index in [1.807, 2.05) is 44.2 Å². The van der Waals surface area contributed by atoms with Crippen LogP contribution in [0.5, 0.6) is 0 Å². The van der Waals surface area contributed by atoms with Crippen molar-refractivity contribution < 1.29 is 29.3 Å². The molecule has 0 saturated carbocycles. The molecule has 1 aromatic rings. The monoisotopic (exact) mass is 357 g/mol. The molecular weight excluding hydrogens is 337 g/mol. The van der Waals surface area contributed by atoms with Crippen molar-refractivity contribution in [1.82, 2.24) is 0 Å². The van der Waals surface area contributed by atoms with Gasteiger partial charge in [0.25, 0.3) is 0 Å². The van der Waals surface area contributed by atoms with Gasteiger partial charge in [-0.05, 0) is 11.8 Å². The van der Waals surface area contributed by atoms with Crippen molar-refractivity contribution in [3.05, 3.63) is 50.2 Å². The third kappa shape index (κ3) is 91.1. The van der Waals surface area contributed by atoms with Crippen LogP contribution in [0.15, 0.2) is 30.3 Å². The summed E-state index contributed by atoms with van der Waals surface area (Å²) in [5.74, 6) is 0. The van der Waals surface area contributed by atoms with Crippen LogP contribution in [-0.2, 0) is 31.3 Å². The maximum atomic E-state index is 7.87. The van der Waals surface area contributed by atoms with Crippen LogP contribution < -0.4 is 0 Å². The Hall–Kier alpha value is 0.763. The smallest absolute Gasteiger partial charge is 0.239 e. The number of benzene rings is 1. The number of thiol groups is 1. The van der Waals surface area contributed by atoms with E-state index in [0.29, 0.717) is 0 Å². The second kappa shape index (κ2) is 22.9. The Morgan fingerprint density at radius 1 is 1.11 bits per heavy atom. The second-order valence-corrected chi connectivity index (χ2v) is 7.63. The quantitative estimate of drug-likeness (QED) is 0.283. The van der Waals surface area contributed by atoms with Gasteiger partial charge < -0.3 is 23.6 Å². The summed E-state index contributed by atoms with van der Waals surface area (Å²) in [5.41, 5.74) is -3.11. The fourth-order valence-corrected chi connectivity index (χ4v) is 0.342. The van der Waals surface area contributed by atoms with E-state index >= 15 is 0 Å². The van der Waals surface area contributed by atoms with Crippen LogP contribution in [-0.4, -0.2) is 9.79 Å². The molecule has 0 aliphatic heterocycles. The molecule has 1 aromatic carbocycles. The first-order chi connectivity index (χ1) is 7.83. The molecule has 0 unspecified atom stereocenters. The van der Waals surface area contributed by atoms with Gasteiger partial charge in [0.2, 0.25) is 5.69 Å². The van der Waals surface area contributed by atoms with Crippen molar-refractivity contribution >= 4 is 29.7 Å². The molecule has 0 aliphatic carbocycles. The Morgan fingerprint density at radius 3 is 1.39 bits per heavy atom. The van der Waals surface area contributed by atoms with Gasteiger partial charge in [-0.1, -0.05) is 26.1 Å². The first kappa shape index (κ1) is 27.2. The summed E-state index contributed by atoms with van der Waals surface area (Å²) in [4.78, 5) is 15.7. The van der Waals surface area contributed by atoms with E-state index in [4.69, 9.17) is 9.79 Å². The largest absolute Gasteiger partial charge is 0.344 e. The van der Waals surface area contributed by atoms with Crippen LogP contribution in [0.3, 0.4) is 0 Å². The van der Waals surface area contributed by atoms with Crippen molar-refractivity contribution in [3.63, 3.8) is 0 Å². The van der Waals surface area contributed by atoms with Gasteiger partial charge in [0.15, 0.2) is 0 Å². The minimum atomic E-state index is -3.11. The van der Waals surface area contributed by atoms with Crippen molar-refractivity contribution in [2.24, 2.45) is 0 Å². The van der Waals surface area contributed by atoms with E-state index in [1.165, 1.54) is 0 Å². The first-order valence-corrected chi connectivity index (χ1v) is 8.97. The molecule has 0 spiro atoms. The molecule has 2 N–H and O–H groups in total. The number of rotatable bonds is 0. The summed E-state index contributed by atoms with van der Waals surface area (Å²) in [5, 5.41) is 0. The Bertz CT molecular complexity index is 219. The standard InChI is InChI=1S/C6H5.2C3H7.H3O2PS2.Zn/c1-2-4-6-5-3-1;2*1-3-2;1-3(2,4)5;/h1-5H;2*1,3H2,2H3;(H3,1,2,4,5);/q3*-1;;. The minimum absolute atomic E-state index is 0. The summed E-state index contributed by atoms with van der Waals surface area (Å²) in [7, 11) is 0. The maximum absolute atomic E-state index is 7.87. The zero-order valence-electron chi connectivity index (χ0n) is 11.1. The molecule has 0 fully saturated rings. The minimum Gasteiger partial charge on any atom is -0.344 e. The molecule has 0 saturated heterocycles. The van der Waals surface area contributed by atoms with Crippen LogP contribution in [0.1, 0.15) is 26.7 Å². The van der Waals surface area contributed by atoms with Crippen molar-refractivity contribution in [3.8, 4) is 0 Å². The topological polar surface area (TPSA) is 40.5 Å². The van der Waals surface area contributed by atoms with Crippen molar-refractivity contribution in [1.29, 1.82) is 0 Å². The fourth-order valence-electron chi connectivity index (χ4n) is 0.342. The van der Waals surface area contributed by atoms with E-state index in [0.717, 1.165) is 12.8 Å². The second-order valence-electron chi connectivity index (χ2n) is 2.59. The summed E-state index contributed by atoms with van der Waals surface area (Å²) in [6, 6.07) is 12.5. The predicted octanol–water partition coefficient (Wildman–Crippen LogP) is 4.07. The van der Waals surface area contributed by atoms with E-state index in [-0.39, 0.29) is 19.5 Å². The summed E-state index contributed by atoms with van der Waals surface area (Å²) in [6.07, 6.45) is 2.00. The van der Waals surface area contributed by atoms with Gasteiger partial charge in [-0.2, -0.15) is 49.2 Å². The van der Waals surface area contributed by atoms with Crippen LogP contribution in [0, 0.1) is 19.9 Å². The molecular formula is C12H22O2PS2Zn-3. The van der Waals surface area contributed by atoms with Crippen molar-refractivity contribution in [2.75, 3.05) is 0 Å². The van der Waals surface area contributed by atoms with Gasteiger partial charge in [0.05, 0.1) is 0 Å². The first-order valence-electron chi connectivity index (χ1n) is 5.11. The molecule has 1 rings (SSSR count). The molecule has 6 heteroatoms. The van der Waals surface area contributed by atoms with Crippen LogP contribution in [0.2, 0.25) is 0 Å².